The van der Waals surface area contributed by atoms with Crippen molar-refractivity contribution < 1.29 is 0 Å². The van der Waals surface area contributed by atoms with Crippen LogP contribution in [0.2, 0.25) is 0 Å². The first kappa shape index (κ1) is 30.2. The molecule has 52 heavy (non-hydrogen) atoms. The van der Waals surface area contributed by atoms with E-state index in [1.807, 2.05) is 24.4 Å². The molecule has 0 bridgehead atoms. The molecular formula is C48H34N4. The Bertz CT molecular complexity index is 2810. The van der Waals surface area contributed by atoms with E-state index in [9.17, 15) is 0 Å². The number of fused-ring (bicyclic) bond motifs is 6. The van der Waals surface area contributed by atoms with E-state index in [1.54, 1.807) is 0 Å². The van der Waals surface area contributed by atoms with Crippen LogP contribution in [0.25, 0.3) is 83.8 Å². The Hall–Kier alpha value is -6.65. The molecule has 0 aliphatic heterocycles. The molecule has 0 saturated heterocycles. The fourth-order valence-electron chi connectivity index (χ4n) is 8.16. The number of benzene rings is 6. The van der Waals surface area contributed by atoms with Gasteiger partial charge in [0.2, 0.25) is 0 Å². The molecule has 0 saturated carbocycles. The standard InChI is InChI=1S/C48H34N4/c1-48(2)40-22-8-6-21-38(40)46-44(48)45(50-47(51-46)35-17-13-15-33(29-35)41-23-10-11-27-49-41)34-16-12-14-31(28-34)32-25-26-43-39(30-32)37-20-7-9-24-42(37)52(43)36-18-4-3-5-19-36/h3-30H,1-2H3. The number of para-hydroxylation sites is 2. The van der Waals surface area contributed by atoms with Crippen molar-refractivity contribution in [2.24, 2.45) is 0 Å². The van der Waals surface area contributed by atoms with Crippen LogP contribution in [0.15, 0.2) is 170 Å². The lowest BCUT2D eigenvalue weighted by molar-refractivity contribution is 0.658. The number of hydrogen-bond donors (Lipinski definition) is 0. The summed E-state index contributed by atoms with van der Waals surface area (Å²) in [7, 11) is 0. The molecule has 4 nitrogen and oxygen atoms in total. The van der Waals surface area contributed by atoms with Gasteiger partial charge < -0.3 is 4.57 Å². The predicted octanol–water partition coefficient (Wildman–Crippen LogP) is 11.9. The van der Waals surface area contributed by atoms with Crippen LogP contribution in [-0.2, 0) is 5.41 Å². The van der Waals surface area contributed by atoms with Crippen LogP contribution in [0, 0.1) is 0 Å². The monoisotopic (exact) mass is 666 g/mol. The van der Waals surface area contributed by atoms with E-state index in [-0.39, 0.29) is 5.41 Å². The van der Waals surface area contributed by atoms with Crippen LogP contribution in [0.5, 0.6) is 0 Å². The number of hydrogen-bond acceptors (Lipinski definition) is 3. The highest BCUT2D eigenvalue weighted by molar-refractivity contribution is 6.10. The third kappa shape index (κ3) is 4.72. The molecule has 4 heteroatoms. The molecule has 0 radical (unpaired) electrons. The normalized spacial score (nSPS) is 13.0. The SMILES string of the molecule is CC1(C)c2ccccc2-c2nc(-c3cccc(-c4ccccn4)c3)nc(-c3cccc(-c4ccc5c(c4)c4ccccc4n5-c4ccccc4)c3)c21. The first-order valence-electron chi connectivity index (χ1n) is 17.8. The molecule has 0 N–H and O–H groups in total. The molecule has 6 aromatic carbocycles. The van der Waals surface area contributed by atoms with Crippen molar-refractivity contribution in [1.29, 1.82) is 0 Å². The minimum Gasteiger partial charge on any atom is -0.309 e. The molecule has 0 unspecified atom stereocenters. The second-order valence-corrected chi connectivity index (χ2v) is 14.1. The molecule has 0 amide bonds. The molecule has 1 aliphatic carbocycles. The summed E-state index contributed by atoms with van der Waals surface area (Å²) in [6.45, 7) is 4.60. The van der Waals surface area contributed by atoms with Crippen molar-refractivity contribution in [3.8, 4) is 62.0 Å². The maximum absolute atomic E-state index is 5.43. The van der Waals surface area contributed by atoms with Gasteiger partial charge in [-0.1, -0.05) is 123 Å². The van der Waals surface area contributed by atoms with E-state index >= 15 is 0 Å². The maximum atomic E-state index is 5.43. The van der Waals surface area contributed by atoms with Gasteiger partial charge in [-0.2, -0.15) is 0 Å². The summed E-state index contributed by atoms with van der Waals surface area (Å²) < 4.78 is 2.36. The highest BCUT2D eigenvalue weighted by atomic mass is 15.0. The Balaban J connectivity index is 1.15. The molecule has 9 aromatic rings. The highest BCUT2D eigenvalue weighted by Crippen LogP contribution is 2.51. The molecule has 0 fully saturated rings. The second-order valence-electron chi connectivity index (χ2n) is 14.1. The summed E-state index contributed by atoms with van der Waals surface area (Å²) >= 11 is 0. The Labute approximate surface area is 302 Å². The minimum absolute atomic E-state index is 0.274. The molecule has 1 aliphatic rings. The summed E-state index contributed by atoms with van der Waals surface area (Å²) in [5.74, 6) is 0.708. The van der Waals surface area contributed by atoms with Crippen molar-refractivity contribution in [1.82, 2.24) is 19.5 Å². The number of aromatic nitrogens is 4. The minimum atomic E-state index is -0.274. The summed E-state index contributed by atoms with van der Waals surface area (Å²) in [4.78, 5) is 15.3. The lowest BCUT2D eigenvalue weighted by Crippen LogP contribution is -2.17. The Morgan fingerprint density at radius 3 is 2.02 bits per heavy atom. The Kier molecular flexibility index (Phi) is 6.80. The maximum Gasteiger partial charge on any atom is 0.160 e. The van der Waals surface area contributed by atoms with Crippen LogP contribution >= 0.6 is 0 Å². The van der Waals surface area contributed by atoms with Gasteiger partial charge in [-0.25, -0.2) is 9.97 Å². The second kappa shape index (κ2) is 11.7. The van der Waals surface area contributed by atoms with Gasteiger partial charge in [0.05, 0.1) is 28.1 Å². The van der Waals surface area contributed by atoms with Crippen molar-refractivity contribution in [3.63, 3.8) is 0 Å². The summed E-state index contributed by atoms with van der Waals surface area (Å²) in [5.41, 5.74) is 15.2. The van der Waals surface area contributed by atoms with Crippen molar-refractivity contribution in [2.75, 3.05) is 0 Å². The topological polar surface area (TPSA) is 43.6 Å². The van der Waals surface area contributed by atoms with Crippen molar-refractivity contribution in [3.05, 3.63) is 181 Å². The van der Waals surface area contributed by atoms with Crippen LogP contribution < -0.4 is 0 Å². The number of pyridine rings is 1. The van der Waals surface area contributed by atoms with Gasteiger partial charge in [0.25, 0.3) is 0 Å². The van der Waals surface area contributed by atoms with E-state index in [1.165, 1.54) is 38.5 Å². The molecule has 3 aromatic heterocycles. The Morgan fingerprint density at radius 1 is 0.481 bits per heavy atom. The number of rotatable bonds is 5. The molecule has 10 rings (SSSR count). The lowest BCUT2D eigenvalue weighted by atomic mass is 9.80. The van der Waals surface area contributed by atoms with Crippen molar-refractivity contribution in [2.45, 2.75) is 19.3 Å². The largest absolute Gasteiger partial charge is 0.309 e. The molecule has 0 atom stereocenters. The third-order valence-electron chi connectivity index (χ3n) is 10.6. The Morgan fingerprint density at radius 2 is 1.15 bits per heavy atom. The smallest absolute Gasteiger partial charge is 0.160 e. The van der Waals surface area contributed by atoms with E-state index < -0.39 is 0 Å². The zero-order valence-corrected chi connectivity index (χ0v) is 29.0. The van der Waals surface area contributed by atoms with Gasteiger partial charge in [-0.15, -0.1) is 0 Å². The van der Waals surface area contributed by atoms with Gasteiger partial charge in [0, 0.05) is 55.9 Å². The van der Waals surface area contributed by atoms with E-state index in [0.29, 0.717) is 5.82 Å². The molecule has 246 valence electrons. The van der Waals surface area contributed by atoms with Gasteiger partial charge in [0.15, 0.2) is 5.82 Å². The van der Waals surface area contributed by atoms with Crippen LogP contribution in [0.3, 0.4) is 0 Å². The van der Waals surface area contributed by atoms with Crippen LogP contribution in [0.4, 0.5) is 0 Å². The summed E-state index contributed by atoms with van der Waals surface area (Å²) in [6.07, 6.45) is 1.83. The first-order chi connectivity index (χ1) is 25.5. The van der Waals surface area contributed by atoms with E-state index in [4.69, 9.17) is 9.97 Å². The first-order valence-corrected chi connectivity index (χ1v) is 17.8. The summed E-state index contributed by atoms with van der Waals surface area (Å²) in [6, 6.07) is 58.1. The van der Waals surface area contributed by atoms with E-state index in [2.05, 4.69) is 169 Å². The lowest BCUT2D eigenvalue weighted by Gasteiger charge is -2.24. The molecule has 3 heterocycles. The molecular weight excluding hydrogens is 633 g/mol. The van der Waals surface area contributed by atoms with Gasteiger partial charge in [-0.05, 0) is 71.3 Å². The van der Waals surface area contributed by atoms with Gasteiger partial charge >= 0.3 is 0 Å². The fraction of sp³-hybridized carbons (Fsp3) is 0.0625. The van der Waals surface area contributed by atoms with Gasteiger partial charge in [-0.3, -0.25) is 4.98 Å². The van der Waals surface area contributed by atoms with Crippen LogP contribution in [-0.4, -0.2) is 19.5 Å². The zero-order chi connectivity index (χ0) is 34.8. The molecule has 0 spiro atoms. The van der Waals surface area contributed by atoms with Crippen molar-refractivity contribution >= 4 is 21.8 Å². The summed E-state index contributed by atoms with van der Waals surface area (Å²) in [5, 5.41) is 2.47. The quantitative estimate of drug-likeness (QED) is 0.184. The average Bonchev–Trinajstić information content (AvgIpc) is 3.66. The van der Waals surface area contributed by atoms with Gasteiger partial charge in [0.1, 0.15) is 0 Å². The zero-order valence-electron chi connectivity index (χ0n) is 29.0. The number of nitrogens with zero attached hydrogens (tertiary/aromatic N) is 4. The predicted molar refractivity (Wildman–Crippen MR) is 213 cm³/mol. The fourth-order valence-corrected chi connectivity index (χ4v) is 8.16. The van der Waals surface area contributed by atoms with E-state index in [0.717, 1.165) is 50.6 Å². The average molecular weight is 667 g/mol. The van der Waals surface area contributed by atoms with Crippen LogP contribution in [0.1, 0.15) is 25.0 Å². The highest BCUT2D eigenvalue weighted by Gasteiger charge is 2.40. The third-order valence-corrected chi connectivity index (χ3v) is 10.6.